The largest absolute Gasteiger partial charge is 0.477 e. The first-order valence-corrected chi connectivity index (χ1v) is 4.01. The van der Waals surface area contributed by atoms with Gasteiger partial charge in [0.1, 0.15) is 5.15 Å². The molecule has 0 unspecified atom stereocenters. The molecule has 1 N–H and O–H groups in total. The summed E-state index contributed by atoms with van der Waals surface area (Å²) in [6.07, 6.45) is 0.361. The van der Waals surface area contributed by atoms with E-state index in [2.05, 4.69) is 4.98 Å². The zero-order valence-electron chi connectivity index (χ0n) is 6.88. The van der Waals surface area contributed by atoms with E-state index >= 15 is 0 Å². The zero-order valence-corrected chi connectivity index (χ0v) is 7.63. The van der Waals surface area contributed by atoms with Gasteiger partial charge in [0.2, 0.25) is 0 Å². The Morgan fingerprint density at radius 2 is 2.29 bits per heavy atom. The number of halogens is 3. The Labute approximate surface area is 83.3 Å². The fraction of sp³-hybridized carbons (Fsp3) is 0.250. The van der Waals surface area contributed by atoms with Crippen LogP contribution in [0.15, 0.2) is 18.3 Å². The Morgan fingerprint density at radius 3 is 2.79 bits per heavy atom. The van der Waals surface area contributed by atoms with E-state index in [0.717, 1.165) is 0 Å². The van der Waals surface area contributed by atoms with Crippen LogP contribution in [-0.2, 0) is 11.2 Å². The first kappa shape index (κ1) is 10.8. The fourth-order valence-corrected chi connectivity index (χ4v) is 1.08. The molecule has 1 aromatic heterocycles. The third kappa shape index (κ3) is 2.63. The molecule has 0 atom stereocenters. The molecule has 3 nitrogen and oxygen atoms in total. The van der Waals surface area contributed by atoms with Crippen molar-refractivity contribution in [2.24, 2.45) is 0 Å². The number of carboxylic acids is 1. The Bertz CT molecular complexity index is 357. The molecule has 76 valence electrons. The second kappa shape index (κ2) is 3.88. The fourth-order valence-electron chi connectivity index (χ4n) is 0.885. The van der Waals surface area contributed by atoms with E-state index in [-0.39, 0.29) is 10.7 Å². The molecule has 0 radical (unpaired) electrons. The standard InChI is InChI=1S/C8H6ClF2NO2/c9-6-3-5(1-2-12-6)4-8(10,11)7(13)14/h1-3H,4H2,(H,13,14). The van der Waals surface area contributed by atoms with Gasteiger partial charge in [0.15, 0.2) is 0 Å². The Balaban J connectivity index is 2.83. The second-order valence-corrected chi connectivity index (χ2v) is 3.06. The van der Waals surface area contributed by atoms with E-state index in [9.17, 15) is 13.6 Å². The van der Waals surface area contributed by atoms with E-state index in [1.165, 1.54) is 18.3 Å². The number of hydrogen-bond donors (Lipinski definition) is 1. The lowest BCUT2D eigenvalue weighted by molar-refractivity contribution is -0.164. The Hall–Kier alpha value is -1.23. The molecular formula is C8H6ClF2NO2. The Morgan fingerprint density at radius 1 is 1.64 bits per heavy atom. The van der Waals surface area contributed by atoms with Crippen molar-refractivity contribution in [2.45, 2.75) is 12.3 Å². The van der Waals surface area contributed by atoms with Gasteiger partial charge < -0.3 is 5.11 Å². The van der Waals surface area contributed by atoms with Crippen molar-refractivity contribution in [2.75, 3.05) is 0 Å². The van der Waals surface area contributed by atoms with Crippen LogP contribution in [0, 0.1) is 0 Å². The molecule has 6 heteroatoms. The number of pyridine rings is 1. The average Bonchev–Trinajstić information content (AvgIpc) is 2.02. The van der Waals surface area contributed by atoms with Crippen LogP contribution < -0.4 is 0 Å². The maximum atomic E-state index is 12.7. The van der Waals surface area contributed by atoms with Gasteiger partial charge in [0, 0.05) is 12.6 Å². The summed E-state index contributed by atoms with van der Waals surface area (Å²) in [4.78, 5) is 13.7. The maximum Gasteiger partial charge on any atom is 0.374 e. The molecule has 0 aromatic carbocycles. The number of nitrogens with zero attached hydrogens (tertiary/aromatic N) is 1. The molecule has 0 saturated heterocycles. The van der Waals surface area contributed by atoms with Gasteiger partial charge in [-0.2, -0.15) is 8.78 Å². The lowest BCUT2D eigenvalue weighted by Gasteiger charge is -2.10. The van der Waals surface area contributed by atoms with Crippen LogP contribution in [0.5, 0.6) is 0 Å². The summed E-state index contributed by atoms with van der Waals surface area (Å²) in [6.45, 7) is 0. The third-order valence-electron chi connectivity index (χ3n) is 1.53. The second-order valence-electron chi connectivity index (χ2n) is 2.67. The molecule has 0 bridgehead atoms. The molecule has 0 aliphatic rings. The highest BCUT2D eigenvalue weighted by molar-refractivity contribution is 6.29. The lowest BCUT2D eigenvalue weighted by atomic mass is 10.1. The maximum absolute atomic E-state index is 12.7. The van der Waals surface area contributed by atoms with Gasteiger partial charge in [-0.15, -0.1) is 0 Å². The van der Waals surface area contributed by atoms with Gasteiger partial charge in [-0.05, 0) is 17.7 Å². The first-order valence-electron chi connectivity index (χ1n) is 3.63. The van der Waals surface area contributed by atoms with Gasteiger partial charge >= 0.3 is 11.9 Å². The van der Waals surface area contributed by atoms with Gasteiger partial charge in [-0.25, -0.2) is 9.78 Å². The molecule has 1 rings (SSSR count). The number of rotatable bonds is 3. The number of carbonyl (C=O) groups is 1. The van der Waals surface area contributed by atoms with Crippen molar-refractivity contribution in [3.05, 3.63) is 29.0 Å². The topological polar surface area (TPSA) is 50.2 Å². The predicted molar refractivity (Wildman–Crippen MR) is 45.5 cm³/mol. The molecule has 1 aromatic rings. The highest BCUT2D eigenvalue weighted by Crippen LogP contribution is 2.21. The van der Waals surface area contributed by atoms with Crippen molar-refractivity contribution in [3.8, 4) is 0 Å². The van der Waals surface area contributed by atoms with E-state index in [1.54, 1.807) is 0 Å². The summed E-state index contributed by atoms with van der Waals surface area (Å²) in [6, 6.07) is 2.50. The zero-order chi connectivity index (χ0) is 10.8. The van der Waals surface area contributed by atoms with Gasteiger partial charge in [-0.1, -0.05) is 11.6 Å². The summed E-state index contributed by atoms with van der Waals surface area (Å²) in [7, 11) is 0. The van der Waals surface area contributed by atoms with Gasteiger partial charge in [-0.3, -0.25) is 0 Å². The van der Waals surface area contributed by atoms with Crippen LogP contribution in [0.4, 0.5) is 8.78 Å². The smallest absolute Gasteiger partial charge is 0.374 e. The number of aromatic nitrogens is 1. The van der Waals surface area contributed by atoms with Gasteiger partial charge in [0.25, 0.3) is 0 Å². The van der Waals surface area contributed by atoms with Crippen LogP contribution in [0.25, 0.3) is 0 Å². The quantitative estimate of drug-likeness (QED) is 0.795. The summed E-state index contributed by atoms with van der Waals surface area (Å²) >= 11 is 5.45. The molecule has 0 saturated carbocycles. The Kier molecular flexibility index (Phi) is 3.00. The van der Waals surface area contributed by atoms with Crippen LogP contribution in [0.3, 0.4) is 0 Å². The van der Waals surface area contributed by atoms with Crippen LogP contribution >= 0.6 is 11.6 Å². The highest BCUT2D eigenvalue weighted by atomic mass is 35.5. The van der Waals surface area contributed by atoms with E-state index in [1.807, 2.05) is 0 Å². The molecule has 0 spiro atoms. The normalized spacial score (nSPS) is 11.4. The number of carboxylic acid groups (broad SMARTS) is 1. The molecule has 1 heterocycles. The van der Waals surface area contributed by atoms with Crippen molar-refractivity contribution < 1.29 is 18.7 Å². The summed E-state index contributed by atoms with van der Waals surface area (Å²) < 4.78 is 25.4. The minimum absolute atomic E-state index is 0.0590. The van der Waals surface area contributed by atoms with Crippen molar-refractivity contribution in [3.63, 3.8) is 0 Å². The molecule has 0 amide bonds. The van der Waals surface area contributed by atoms with E-state index in [0.29, 0.717) is 0 Å². The first-order chi connectivity index (χ1) is 6.42. The summed E-state index contributed by atoms with van der Waals surface area (Å²) in [5.41, 5.74) is 0.136. The molecule has 14 heavy (non-hydrogen) atoms. The molecule has 0 aliphatic heterocycles. The minimum Gasteiger partial charge on any atom is -0.477 e. The van der Waals surface area contributed by atoms with Crippen molar-refractivity contribution >= 4 is 17.6 Å². The number of aliphatic carboxylic acids is 1. The molecule has 0 fully saturated rings. The van der Waals surface area contributed by atoms with E-state index in [4.69, 9.17) is 16.7 Å². The minimum atomic E-state index is -3.77. The van der Waals surface area contributed by atoms with E-state index < -0.39 is 18.3 Å². The summed E-state index contributed by atoms with van der Waals surface area (Å²) in [5.74, 6) is -5.92. The highest BCUT2D eigenvalue weighted by Gasteiger charge is 2.38. The third-order valence-corrected chi connectivity index (χ3v) is 1.74. The van der Waals surface area contributed by atoms with Crippen LogP contribution in [0.2, 0.25) is 5.15 Å². The SMILES string of the molecule is O=C(O)C(F)(F)Cc1ccnc(Cl)c1. The lowest BCUT2D eigenvalue weighted by Crippen LogP contribution is -2.30. The number of hydrogen-bond acceptors (Lipinski definition) is 2. The van der Waals surface area contributed by atoms with Gasteiger partial charge in [0.05, 0.1) is 0 Å². The average molecular weight is 222 g/mol. The van der Waals surface area contributed by atoms with Crippen molar-refractivity contribution in [1.29, 1.82) is 0 Å². The monoisotopic (exact) mass is 221 g/mol. The van der Waals surface area contributed by atoms with Crippen molar-refractivity contribution in [1.82, 2.24) is 4.98 Å². The number of alkyl halides is 2. The van der Waals surface area contributed by atoms with Crippen LogP contribution in [0.1, 0.15) is 5.56 Å². The van der Waals surface area contributed by atoms with Crippen LogP contribution in [-0.4, -0.2) is 22.0 Å². The predicted octanol–water partition coefficient (Wildman–Crippen LogP) is 2.00. The summed E-state index contributed by atoms with van der Waals surface area (Å²) in [5, 5.41) is 8.23. The molecular weight excluding hydrogens is 216 g/mol. The molecule has 0 aliphatic carbocycles.